The summed E-state index contributed by atoms with van der Waals surface area (Å²) in [6, 6.07) is -0.337. The highest BCUT2D eigenvalue weighted by Gasteiger charge is 2.10. The molecule has 2 aromatic rings. The second kappa shape index (κ2) is 7.85. The molecule has 0 saturated carbocycles. The molecule has 0 aliphatic rings. The number of halogens is 2. The summed E-state index contributed by atoms with van der Waals surface area (Å²) >= 11 is 0. The van der Waals surface area contributed by atoms with Crippen LogP contribution in [0.2, 0.25) is 0 Å². The molecular weight excluding hydrogens is 304 g/mol. The minimum atomic E-state index is -2.78. The zero-order valence-electron chi connectivity index (χ0n) is 13.2. The first-order valence-corrected chi connectivity index (χ1v) is 7.09. The van der Waals surface area contributed by atoms with Crippen LogP contribution in [0.1, 0.15) is 12.5 Å². The van der Waals surface area contributed by atoms with Crippen molar-refractivity contribution in [3.63, 3.8) is 0 Å². The van der Waals surface area contributed by atoms with Gasteiger partial charge in [0.2, 0.25) is 5.95 Å². The Morgan fingerprint density at radius 3 is 2.91 bits per heavy atom. The van der Waals surface area contributed by atoms with Gasteiger partial charge < -0.3 is 15.0 Å². The van der Waals surface area contributed by atoms with Gasteiger partial charge in [-0.1, -0.05) is 11.8 Å². The van der Waals surface area contributed by atoms with Crippen LogP contribution < -0.4 is 5.32 Å². The van der Waals surface area contributed by atoms with Gasteiger partial charge in [0.05, 0.1) is 24.1 Å². The molecular formula is C15H19F2N5O. The van der Waals surface area contributed by atoms with Crippen molar-refractivity contribution in [2.24, 2.45) is 0 Å². The summed E-state index contributed by atoms with van der Waals surface area (Å²) in [6.07, 6.45) is 3.43. The van der Waals surface area contributed by atoms with Crippen molar-refractivity contribution < 1.29 is 13.5 Å². The highest BCUT2D eigenvalue weighted by atomic mass is 19.3. The van der Waals surface area contributed by atoms with Gasteiger partial charge in [-0.25, -0.2) is 4.98 Å². The van der Waals surface area contributed by atoms with Crippen LogP contribution >= 0.6 is 0 Å². The molecule has 0 bridgehead atoms. The molecule has 0 spiro atoms. The molecule has 2 rings (SSSR count). The molecule has 6 nitrogen and oxygen atoms in total. The van der Waals surface area contributed by atoms with E-state index in [0.717, 1.165) is 10.9 Å². The van der Waals surface area contributed by atoms with Crippen LogP contribution in [0.15, 0.2) is 12.4 Å². The Labute approximate surface area is 133 Å². The van der Waals surface area contributed by atoms with Crippen molar-refractivity contribution >= 4 is 17.0 Å². The third-order valence-corrected chi connectivity index (χ3v) is 2.90. The standard InChI is InChI=1S/C15H19F2N5O/c1-10(9-23-14(16)17)20-15-19-8-12-11(5-4-6-22(2)3)7-18-13(12)21-15/h7-8,10,14H,6,9H2,1-3H3,(H2,18,19,20,21)/t10-/m0/s1. The third kappa shape index (κ3) is 5.16. The number of ether oxygens (including phenoxy) is 1. The Hall–Kier alpha value is -2.24. The van der Waals surface area contributed by atoms with E-state index in [2.05, 4.69) is 36.8 Å². The molecule has 0 aliphatic carbocycles. The molecule has 2 heterocycles. The molecule has 8 heteroatoms. The van der Waals surface area contributed by atoms with E-state index in [1.54, 1.807) is 19.3 Å². The van der Waals surface area contributed by atoms with E-state index >= 15 is 0 Å². The smallest absolute Gasteiger partial charge is 0.345 e. The lowest BCUT2D eigenvalue weighted by molar-refractivity contribution is -0.130. The van der Waals surface area contributed by atoms with Crippen molar-refractivity contribution in [1.29, 1.82) is 0 Å². The Bertz CT molecular complexity index is 705. The first kappa shape index (κ1) is 17.1. The van der Waals surface area contributed by atoms with E-state index in [1.165, 1.54) is 0 Å². The lowest BCUT2D eigenvalue weighted by Gasteiger charge is -2.13. The van der Waals surface area contributed by atoms with Crippen molar-refractivity contribution in [2.75, 3.05) is 32.6 Å². The number of nitrogens with zero attached hydrogens (tertiary/aromatic N) is 3. The van der Waals surface area contributed by atoms with Crippen LogP contribution in [-0.4, -0.2) is 59.8 Å². The van der Waals surface area contributed by atoms with E-state index in [9.17, 15) is 8.78 Å². The molecule has 0 fully saturated rings. The SMILES string of the molecule is C[C@@H](COC(F)F)Nc1ncc2c(C#CCN(C)C)c[nH]c2n1. The minimum Gasteiger partial charge on any atom is -0.349 e. The number of nitrogens with one attached hydrogen (secondary N) is 2. The Balaban J connectivity index is 2.06. The fourth-order valence-corrected chi connectivity index (χ4v) is 1.85. The zero-order valence-corrected chi connectivity index (χ0v) is 13.2. The summed E-state index contributed by atoms with van der Waals surface area (Å²) in [5.74, 6) is 6.46. The zero-order chi connectivity index (χ0) is 16.8. The van der Waals surface area contributed by atoms with Gasteiger partial charge in [0.1, 0.15) is 5.65 Å². The summed E-state index contributed by atoms with van der Waals surface area (Å²) in [4.78, 5) is 13.5. The monoisotopic (exact) mass is 323 g/mol. The molecule has 0 radical (unpaired) electrons. The van der Waals surface area contributed by atoms with E-state index < -0.39 is 6.61 Å². The first-order chi connectivity index (χ1) is 11.0. The number of rotatable bonds is 6. The number of fused-ring (bicyclic) bond motifs is 1. The third-order valence-electron chi connectivity index (χ3n) is 2.90. The highest BCUT2D eigenvalue weighted by molar-refractivity contribution is 5.83. The topological polar surface area (TPSA) is 66.1 Å². The van der Waals surface area contributed by atoms with E-state index in [4.69, 9.17) is 0 Å². The lowest BCUT2D eigenvalue weighted by atomic mass is 10.2. The highest BCUT2D eigenvalue weighted by Crippen LogP contribution is 2.16. The average Bonchev–Trinajstić information content (AvgIpc) is 2.87. The van der Waals surface area contributed by atoms with Crippen LogP contribution in [0.4, 0.5) is 14.7 Å². The van der Waals surface area contributed by atoms with Crippen molar-refractivity contribution in [1.82, 2.24) is 19.9 Å². The maximum atomic E-state index is 12.0. The number of anilines is 1. The van der Waals surface area contributed by atoms with Gasteiger partial charge in [0, 0.05) is 18.4 Å². The van der Waals surface area contributed by atoms with Crippen LogP contribution in [0.25, 0.3) is 11.0 Å². The normalized spacial score (nSPS) is 12.5. The molecule has 124 valence electrons. The average molecular weight is 323 g/mol. The lowest BCUT2D eigenvalue weighted by Crippen LogP contribution is -2.24. The number of alkyl halides is 2. The molecule has 0 unspecified atom stereocenters. The fourth-order valence-electron chi connectivity index (χ4n) is 1.85. The molecule has 23 heavy (non-hydrogen) atoms. The van der Waals surface area contributed by atoms with Gasteiger partial charge in [-0.2, -0.15) is 13.8 Å². The Morgan fingerprint density at radius 1 is 1.43 bits per heavy atom. The number of aromatic nitrogens is 3. The fraction of sp³-hybridized carbons (Fsp3) is 0.467. The maximum absolute atomic E-state index is 12.0. The molecule has 0 aliphatic heterocycles. The van der Waals surface area contributed by atoms with Gasteiger partial charge in [-0.05, 0) is 21.0 Å². The summed E-state index contributed by atoms with van der Waals surface area (Å²) in [5, 5.41) is 3.73. The van der Waals surface area contributed by atoms with Gasteiger partial charge >= 0.3 is 6.61 Å². The molecule has 0 amide bonds. The predicted molar refractivity (Wildman–Crippen MR) is 84.4 cm³/mol. The molecule has 2 aromatic heterocycles. The van der Waals surface area contributed by atoms with Gasteiger partial charge in [-0.15, -0.1) is 0 Å². The van der Waals surface area contributed by atoms with Gasteiger partial charge in [0.25, 0.3) is 0 Å². The van der Waals surface area contributed by atoms with Crippen molar-refractivity contribution in [2.45, 2.75) is 19.6 Å². The second-order valence-corrected chi connectivity index (χ2v) is 5.34. The van der Waals surface area contributed by atoms with Crippen LogP contribution in [-0.2, 0) is 4.74 Å². The summed E-state index contributed by atoms with van der Waals surface area (Å²) in [6.45, 7) is -0.544. The van der Waals surface area contributed by atoms with Crippen LogP contribution in [0, 0.1) is 11.8 Å². The van der Waals surface area contributed by atoms with E-state index in [1.807, 2.05) is 19.0 Å². The molecule has 2 N–H and O–H groups in total. The molecule has 1 atom stereocenters. The van der Waals surface area contributed by atoms with Crippen LogP contribution in [0.3, 0.4) is 0 Å². The van der Waals surface area contributed by atoms with Gasteiger partial charge in [-0.3, -0.25) is 4.90 Å². The number of aromatic amines is 1. The number of H-pyrrole nitrogens is 1. The quantitative estimate of drug-likeness (QED) is 0.795. The van der Waals surface area contributed by atoms with Gasteiger partial charge in [0.15, 0.2) is 0 Å². The predicted octanol–water partition coefficient (Wildman–Crippen LogP) is 1.91. The number of hydrogen-bond donors (Lipinski definition) is 2. The molecule has 0 saturated heterocycles. The van der Waals surface area contributed by atoms with Crippen molar-refractivity contribution in [3.8, 4) is 11.8 Å². The largest absolute Gasteiger partial charge is 0.349 e. The molecule has 0 aromatic carbocycles. The van der Waals surface area contributed by atoms with E-state index in [0.29, 0.717) is 18.1 Å². The summed E-state index contributed by atoms with van der Waals surface area (Å²) in [7, 11) is 3.90. The minimum absolute atomic E-state index is 0.134. The number of hydrogen-bond acceptors (Lipinski definition) is 5. The Morgan fingerprint density at radius 2 is 2.22 bits per heavy atom. The first-order valence-electron chi connectivity index (χ1n) is 7.09. The maximum Gasteiger partial charge on any atom is 0.345 e. The summed E-state index contributed by atoms with van der Waals surface area (Å²) < 4.78 is 28.2. The van der Waals surface area contributed by atoms with E-state index in [-0.39, 0.29) is 12.6 Å². The van der Waals surface area contributed by atoms with Crippen LogP contribution in [0.5, 0.6) is 0 Å². The second-order valence-electron chi connectivity index (χ2n) is 5.34. The van der Waals surface area contributed by atoms with Crippen molar-refractivity contribution in [3.05, 3.63) is 18.0 Å². The summed E-state index contributed by atoms with van der Waals surface area (Å²) in [5.41, 5.74) is 1.46. The Kier molecular flexibility index (Phi) is 5.84.